The molecule has 0 radical (unpaired) electrons. The fourth-order valence-electron chi connectivity index (χ4n) is 1.86. The van der Waals surface area contributed by atoms with Crippen LogP contribution in [0.3, 0.4) is 0 Å². The van der Waals surface area contributed by atoms with E-state index < -0.39 is 17.6 Å². The third-order valence-electron chi connectivity index (χ3n) is 3.08. The van der Waals surface area contributed by atoms with Crippen molar-refractivity contribution < 1.29 is 23.9 Å². The third-order valence-corrected chi connectivity index (χ3v) is 3.08. The van der Waals surface area contributed by atoms with Crippen molar-refractivity contribution in [2.75, 3.05) is 19.6 Å². The van der Waals surface area contributed by atoms with Gasteiger partial charge in [0.25, 0.3) is 5.91 Å². The fourth-order valence-corrected chi connectivity index (χ4v) is 1.86. The van der Waals surface area contributed by atoms with Gasteiger partial charge in [-0.2, -0.15) is 0 Å². The Hall–Kier alpha value is -2.90. The fraction of sp³-hybridized carbons (Fsp3) is 0.444. The summed E-state index contributed by atoms with van der Waals surface area (Å²) in [5, 5.41) is 7.55. The molecule has 8 heteroatoms. The van der Waals surface area contributed by atoms with Crippen molar-refractivity contribution in [2.24, 2.45) is 0 Å². The molecule has 142 valence electrons. The highest BCUT2D eigenvalue weighted by Gasteiger charge is 2.15. The van der Waals surface area contributed by atoms with E-state index in [0.29, 0.717) is 11.1 Å². The molecule has 26 heavy (non-hydrogen) atoms. The molecule has 0 saturated heterocycles. The van der Waals surface area contributed by atoms with Crippen molar-refractivity contribution in [2.45, 2.75) is 33.3 Å². The molecule has 3 N–H and O–H groups in total. The first-order valence-corrected chi connectivity index (χ1v) is 8.21. The van der Waals surface area contributed by atoms with Crippen LogP contribution in [0.4, 0.5) is 4.79 Å². The van der Waals surface area contributed by atoms with E-state index in [2.05, 4.69) is 16.0 Å². The topological polar surface area (TPSA) is 114 Å². The van der Waals surface area contributed by atoms with Crippen LogP contribution in [0.5, 0.6) is 0 Å². The summed E-state index contributed by atoms with van der Waals surface area (Å²) < 4.78 is 5.05. The van der Waals surface area contributed by atoms with Crippen LogP contribution in [0.1, 0.15) is 48.4 Å². The van der Waals surface area contributed by atoms with E-state index in [1.54, 1.807) is 32.9 Å². The molecular formula is C18H25N3O5. The van der Waals surface area contributed by atoms with Gasteiger partial charge in [-0.25, -0.2) is 4.79 Å². The van der Waals surface area contributed by atoms with Crippen LogP contribution < -0.4 is 16.0 Å². The van der Waals surface area contributed by atoms with Crippen LogP contribution in [0.25, 0.3) is 0 Å². The first-order chi connectivity index (χ1) is 12.1. The van der Waals surface area contributed by atoms with Gasteiger partial charge in [0.15, 0.2) is 5.78 Å². The molecule has 0 aliphatic heterocycles. The second-order valence-corrected chi connectivity index (χ2v) is 6.59. The average molecular weight is 363 g/mol. The zero-order chi connectivity index (χ0) is 19.7. The summed E-state index contributed by atoms with van der Waals surface area (Å²) in [5.41, 5.74) is 0.284. The van der Waals surface area contributed by atoms with Gasteiger partial charge in [-0.05, 0) is 39.8 Å². The zero-order valence-corrected chi connectivity index (χ0v) is 15.5. The Labute approximate surface area is 152 Å². The van der Waals surface area contributed by atoms with Crippen molar-refractivity contribution in [1.82, 2.24) is 16.0 Å². The highest BCUT2D eigenvalue weighted by atomic mass is 16.6. The summed E-state index contributed by atoms with van der Waals surface area (Å²) in [4.78, 5) is 46.2. The predicted octanol–water partition coefficient (Wildman–Crippen LogP) is 1.26. The lowest BCUT2D eigenvalue weighted by Crippen LogP contribution is -2.41. The molecular weight excluding hydrogens is 338 g/mol. The number of rotatable bonds is 7. The molecule has 0 fully saturated rings. The standard InChI is InChI=1S/C18H25N3O5/c1-12(22)13-5-7-14(8-6-13)16(24)21-11-15(23)19-9-10-20-17(25)26-18(2,3)4/h5-8H,9-11H2,1-4H3,(H,19,23)(H,20,25)(H,21,24). The number of ether oxygens (including phenoxy) is 1. The molecule has 3 amide bonds. The third kappa shape index (κ3) is 8.27. The van der Waals surface area contributed by atoms with E-state index in [0.717, 1.165) is 0 Å². The lowest BCUT2D eigenvalue weighted by molar-refractivity contribution is -0.120. The maximum Gasteiger partial charge on any atom is 0.407 e. The normalized spacial score (nSPS) is 10.6. The second-order valence-electron chi connectivity index (χ2n) is 6.59. The summed E-state index contributed by atoms with van der Waals surface area (Å²) in [6.45, 7) is 6.93. The molecule has 1 aromatic rings. The Morgan fingerprint density at radius 1 is 0.885 bits per heavy atom. The minimum absolute atomic E-state index is 0.0867. The summed E-state index contributed by atoms with van der Waals surface area (Å²) >= 11 is 0. The lowest BCUT2D eigenvalue weighted by Gasteiger charge is -2.19. The second kappa shape index (κ2) is 9.55. The van der Waals surface area contributed by atoms with E-state index in [1.807, 2.05) is 0 Å². The van der Waals surface area contributed by atoms with Crippen LogP contribution in [0, 0.1) is 0 Å². The molecule has 0 bridgehead atoms. The van der Waals surface area contributed by atoms with Crippen molar-refractivity contribution >= 4 is 23.7 Å². The maximum absolute atomic E-state index is 11.9. The van der Waals surface area contributed by atoms with Crippen molar-refractivity contribution in [3.05, 3.63) is 35.4 Å². The minimum Gasteiger partial charge on any atom is -0.444 e. The first kappa shape index (κ1) is 21.1. The molecule has 8 nitrogen and oxygen atoms in total. The van der Waals surface area contributed by atoms with Crippen molar-refractivity contribution in [1.29, 1.82) is 0 Å². The number of alkyl carbamates (subject to hydrolysis) is 1. The summed E-state index contributed by atoms with van der Waals surface area (Å²) in [7, 11) is 0. The highest BCUT2D eigenvalue weighted by molar-refractivity contribution is 5.98. The van der Waals surface area contributed by atoms with E-state index in [4.69, 9.17) is 4.74 Å². The number of ketones is 1. The average Bonchev–Trinajstić information content (AvgIpc) is 2.55. The Bertz CT molecular complexity index is 662. The Morgan fingerprint density at radius 2 is 1.42 bits per heavy atom. The van der Waals surface area contributed by atoms with Crippen LogP contribution in [-0.4, -0.2) is 48.9 Å². The molecule has 1 aromatic carbocycles. The monoisotopic (exact) mass is 363 g/mol. The van der Waals surface area contributed by atoms with Crippen molar-refractivity contribution in [3.63, 3.8) is 0 Å². The molecule has 1 rings (SSSR count). The highest BCUT2D eigenvalue weighted by Crippen LogP contribution is 2.06. The molecule has 0 heterocycles. The predicted molar refractivity (Wildman–Crippen MR) is 96.0 cm³/mol. The molecule has 0 aliphatic carbocycles. The number of benzene rings is 1. The van der Waals surface area contributed by atoms with Gasteiger partial charge in [-0.15, -0.1) is 0 Å². The van der Waals surface area contributed by atoms with Crippen LogP contribution in [0.2, 0.25) is 0 Å². The van der Waals surface area contributed by atoms with E-state index in [-0.39, 0.29) is 31.3 Å². The van der Waals surface area contributed by atoms with Gasteiger partial charge < -0.3 is 20.7 Å². The number of carbonyl (C=O) groups excluding carboxylic acids is 4. The van der Waals surface area contributed by atoms with Gasteiger partial charge in [0.1, 0.15) is 5.60 Å². The molecule has 0 aromatic heterocycles. The van der Waals surface area contributed by atoms with E-state index in [9.17, 15) is 19.2 Å². The molecule has 0 unspecified atom stereocenters. The van der Waals surface area contributed by atoms with E-state index >= 15 is 0 Å². The molecule has 0 saturated carbocycles. The lowest BCUT2D eigenvalue weighted by atomic mass is 10.1. The SMILES string of the molecule is CC(=O)c1ccc(C(=O)NCC(=O)NCCNC(=O)OC(C)(C)C)cc1. The van der Waals surface area contributed by atoms with Crippen LogP contribution in [0.15, 0.2) is 24.3 Å². The summed E-state index contributed by atoms with van der Waals surface area (Å²) in [6.07, 6.45) is -0.561. The van der Waals surface area contributed by atoms with Gasteiger partial charge >= 0.3 is 6.09 Å². The van der Waals surface area contributed by atoms with Gasteiger partial charge in [-0.1, -0.05) is 12.1 Å². The summed E-state index contributed by atoms with van der Waals surface area (Å²) in [6, 6.07) is 6.16. The van der Waals surface area contributed by atoms with Gasteiger partial charge in [-0.3, -0.25) is 14.4 Å². The number of amides is 3. The first-order valence-electron chi connectivity index (χ1n) is 8.21. The Kier molecular flexibility index (Phi) is 7.77. The van der Waals surface area contributed by atoms with Crippen LogP contribution in [-0.2, 0) is 9.53 Å². The van der Waals surface area contributed by atoms with Crippen molar-refractivity contribution in [3.8, 4) is 0 Å². The molecule has 0 aliphatic rings. The number of hydrogen-bond donors (Lipinski definition) is 3. The van der Waals surface area contributed by atoms with Gasteiger partial charge in [0.05, 0.1) is 6.54 Å². The number of nitrogens with one attached hydrogen (secondary N) is 3. The largest absolute Gasteiger partial charge is 0.444 e. The number of carbonyl (C=O) groups is 4. The minimum atomic E-state index is -0.583. The molecule has 0 spiro atoms. The summed E-state index contributed by atoms with van der Waals surface area (Å²) in [5.74, 6) is -0.886. The molecule has 0 atom stereocenters. The Morgan fingerprint density at radius 3 is 1.96 bits per heavy atom. The van der Waals surface area contributed by atoms with Crippen LogP contribution >= 0.6 is 0 Å². The maximum atomic E-state index is 11.9. The smallest absolute Gasteiger partial charge is 0.407 e. The Balaban J connectivity index is 2.26. The van der Waals surface area contributed by atoms with Gasteiger partial charge in [0.2, 0.25) is 5.91 Å². The van der Waals surface area contributed by atoms with E-state index in [1.165, 1.54) is 19.1 Å². The number of Topliss-reactive ketones (excluding diaryl/α,β-unsaturated/α-hetero) is 1. The van der Waals surface area contributed by atoms with Gasteiger partial charge in [0, 0.05) is 24.2 Å². The zero-order valence-electron chi connectivity index (χ0n) is 15.5. The number of hydrogen-bond acceptors (Lipinski definition) is 5. The quantitative estimate of drug-likeness (QED) is 0.498.